The van der Waals surface area contributed by atoms with Gasteiger partial charge in [0, 0.05) is 12.7 Å². The van der Waals surface area contributed by atoms with Gasteiger partial charge in [-0.25, -0.2) is 4.79 Å². The largest absolute Gasteiger partial charge is 0.490 e. The van der Waals surface area contributed by atoms with Crippen LogP contribution < -0.4 is 10.4 Å². The van der Waals surface area contributed by atoms with Gasteiger partial charge in [-0.15, -0.1) is 0 Å². The first-order valence-corrected chi connectivity index (χ1v) is 5.54. The standard InChI is InChI=1S/C13H14O4/c1-2-15-8-9-16-11-4-3-5-12-10(11)6-7-13(14)17-12/h3-7H,2,8-9H2,1H3. The lowest BCUT2D eigenvalue weighted by atomic mass is 10.2. The van der Waals surface area contributed by atoms with E-state index in [1.165, 1.54) is 6.07 Å². The summed E-state index contributed by atoms with van der Waals surface area (Å²) in [6.45, 7) is 3.64. The van der Waals surface area contributed by atoms with Crippen molar-refractivity contribution < 1.29 is 13.9 Å². The van der Waals surface area contributed by atoms with Crippen LogP contribution in [0.15, 0.2) is 39.5 Å². The second-order valence-corrected chi connectivity index (χ2v) is 3.47. The summed E-state index contributed by atoms with van der Waals surface area (Å²) >= 11 is 0. The van der Waals surface area contributed by atoms with Crippen LogP contribution in [0.5, 0.6) is 5.75 Å². The monoisotopic (exact) mass is 234 g/mol. The van der Waals surface area contributed by atoms with Gasteiger partial charge in [-0.1, -0.05) is 6.07 Å². The van der Waals surface area contributed by atoms with Crippen LogP contribution in [0.25, 0.3) is 11.0 Å². The third-order valence-electron chi connectivity index (χ3n) is 2.31. The average molecular weight is 234 g/mol. The van der Waals surface area contributed by atoms with Crippen LogP contribution in [0.2, 0.25) is 0 Å². The molecule has 4 heteroatoms. The molecule has 0 aliphatic heterocycles. The van der Waals surface area contributed by atoms with Crippen molar-refractivity contribution in [2.45, 2.75) is 6.92 Å². The maximum absolute atomic E-state index is 11.1. The number of hydrogen-bond acceptors (Lipinski definition) is 4. The molecule has 0 N–H and O–H groups in total. The molecular formula is C13H14O4. The Balaban J connectivity index is 2.19. The summed E-state index contributed by atoms with van der Waals surface area (Å²) in [5, 5.41) is 0.795. The van der Waals surface area contributed by atoms with Gasteiger partial charge in [-0.3, -0.25) is 0 Å². The number of ether oxygens (including phenoxy) is 2. The van der Waals surface area contributed by atoms with Gasteiger partial charge in [0.1, 0.15) is 17.9 Å². The molecule has 0 atom stereocenters. The summed E-state index contributed by atoms with van der Waals surface area (Å²) in [5.41, 5.74) is 0.176. The van der Waals surface area contributed by atoms with E-state index in [1.54, 1.807) is 18.2 Å². The lowest BCUT2D eigenvalue weighted by molar-refractivity contribution is 0.111. The van der Waals surface area contributed by atoms with Crippen LogP contribution in [-0.2, 0) is 4.74 Å². The summed E-state index contributed by atoms with van der Waals surface area (Å²) in [5.74, 6) is 0.700. The van der Waals surface area contributed by atoms with E-state index in [4.69, 9.17) is 13.9 Å². The van der Waals surface area contributed by atoms with Gasteiger partial charge < -0.3 is 13.9 Å². The summed E-state index contributed by atoms with van der Waals surface area (Å²) < 4.78 is 15.8. The Morgan fingerprint density at radius 2 is 2.06 bits per heavy atom. The highest BCUT2D eigenvalue weighted by Gasteiger charge is 2.03. The molecule has 4 nitrogen and oxygen atoms in total. The van der Waals surface area contributed by atoms with Crippen LogP contribution in [0.1, 0.15) is 6.92 Å². The van der Waals surface area contributed by atoms with Crippen molar-refractivity contribution in [1.82, 2.24) is 0 Å². The molecule has 0 aliphatic carbocycles. The highest BCUT2D eigenvalue weighted by atomic mass is 16.5. The van der Waals surface area contributed by atoms with Crippen LogP contribution >= 0.6 is 0 Å². The molecule has 2 rings (SSSR count). The highest BCUT2D eigenvalue weighted by Crippen LogP contribution is 2.23. The molecule has 2 aromatic rings. The first-order valence-electron chi connectivity index (χ1n) is 5.54. The zero-order chi connectivity index (χ0) is 12.1. The highest BCUT2D eigenvalue weighted by molar-refractivity contribution is 5.83. The molecule has 1 aromatic heterocycles. The molecule has 0 unspecified atom stereocenters. The van der Waals surface area contributed by atoms with Gasteiger partial charge in [0.2, 0.25) is 0 Å². The SMILES string of the molecule is CCOCCOc1cccc2oc(=O)ccc12. The third-order valence-corrected chi connectivity index (χ3v) is 2.31. The minimum Gasteiger partial charge on any atom is -0.490 e. The van der Waals surface area contributed by atoms with Gasteiger partial charge in [0.05, 0.1) is 12.0 Å². The average Bonchev–Trinajstić information content (AvgIpc) is 2.34. The number of benzene rings is 1. The predicted octanol–water partition coefficient (Wildman–Crippen LogP) is 2.21. The molecule has 0 saturated carbocycles. The normalized spacial score (nSPS) is 10.6. The van der Waals surface area contributed by atoms with Crippen LogP contribution in [-0.4, -0.2) is 19.8 Å². The molecule has 90 valence electrons. The summed E-state index contributed by atoms with van der Waals surface area (Å²) in [4.78, 5) is 11.1. The summed E-state index contributed by atoms with van der Waals surface area (Å²) in [6.07, 6.45) is 0. The Hall–Kier alpha value is -1.81. The van der Waals surface area contributed by atoms with Crippen LogP contribution in [0.3, 0.4) is 0 Å². The Morgan fingerprint density at radius 3 is 2.88 bits per heavy atom. The zero-order valence-electron chi connectivity index (χ0n) is 9.64. The van der Waals surface area contributed by atoms with Crippen molar-refractivity contribution in [1.29, 1.82) is 0 Å². The van der Waals surface area contributed by atoms with E-state index in [0.29, 0.717) is 31.2 Å². The zero-order valence-corrected chi connectivity index (χ0v) is 9.64. The van der Waals surface area contributed by atoms with E-state index in [-0.39, 0.29) is 5.63 Å². The second kappa shape index (κ2) is 5.50. The Bertz CT molecular complexity index is 544. The maximum atomic E-state index is 11.1. The minimum atomic E-state index is -0.357. The Labute approximate surface area is 98.8 Å². The van der Waals surface area contributed by atoms with Crippen LogP contribution in [0.4, 0.5) is 0 Å². The molecule has 0 spiro atoms. The molecule has 0 radical (unpaired) electrons. The first-order chi connectivity index (χ1) is 8.31. The predicted molar refractivity (Wildman–Crippen MR) is 64.5 cm³/mol. The molecule has 1 heterocycles. The van der Waals surface area contributed by atoms with Crippen molar-refractivity contribution in [2.24, 2.45) is 0 Å². The number of rotatable bonds is 5. The molecular weight excluding hydrogens is 220 g/mol. The number of hydrogen-bond donors (Lipinski definition) is 0. The van der Waals surface area contributed by atoms with E-state index >= 15 is 0 Å². The lowest BCUT2D eigenvalue weighted by Crippen LogP contribution is -2.06. The minimum absolute atomic E-state index is 0.357. The molecule has 17 heavy (non-hydrogen) atoms. The molecule has 0 amide bonds. The summed E-state index contributed by atoms with van der Waals surface area (Å²) in [6, 6.07) is 8.47. The second-order valence-electron chi connectivity index (χ2n) is 3.47. The Morgan fingerprint density at radius 1 is 1.18 bits per heavy atom. The first kappa shape index (κ1) is 11.7. The van der Waals surface area contributed by atoms with Crippen molar-refractivity contribution in [3.8, 4) is 5.75 Å². The molecule has 1 aromatic carbocycles. The van der Waals surface area contributed by atoms with Crippen molar-refractivity contribution in [3.63, 3.8) is 0 Å². The van der Waals surface area contributed by atoms with Crippen molar-refractivity contribution >= 4 is 11.0 Å². The molecule has 0 fully saturated rings. The van der Waals surface area contributed by atoms with E-state index < -0.39 is 0 Å². The van der Waals surface area contributed by atoms with Crippen LogP contribution in [0, 0.1) is 0 Å². The smallest absolute Gasteiger partial charge is 0.336 e. The lowest BCUT2D eigenvalue weighted by Gasteiger charge is -2.08. The van der Waals surface area contributed by atoms with Crippen molar-refractivity contribution in [2.75, 3.05) is 19.8 Å². The van der Waals surface area contributed by atoms with E-state index in [0.717, 1.165) is 5.39 Å². The fraction of sp³-hybridized carbons (Fsp3) is 0.308. The fourth-order valence-electron chi connectivity index (χ4n) is 1.55. The van der Waals surface area contributed by atoms with Gasteiger partial charge in [-0.2, -0.15) is 0 Å². The van der Waals surface area contributed by atoms with E-state index in [1.807, 2.05) is 13.0 Å². The third kappa shape index (κ3) is 2.85. The van der Waals surface area contributed by atoms with E-state index in [2.05, 4.69) is 0 Å². The molecule has 0 bridgehead atoms. The van der Waals surface area contributed by atoms with Crippen molar-refractivity contribution in [3.05, 3.63) is 40.8 Å². The van der Waals surface area contributed by atoms with Gasteiger partial charge in [-0.05, 0) is 25.1 Å². The molecule has 0 saturated heterocycles. The fourth-order valence-corrected chi connectivity index (χ4v) is 1.55. The number of fused-ring (bicyclic) bond motifs is 1. The Kier molecular flexibility index (Phi) is 3.77. The summed E-state index contributed by atoms with van der Waals surface area (Å²) in [7, 11) is 0. The van der Waals surface area contributed by atoms with E-state index in [9.17, 15) is 4.79 Å². The molecule has 0 aliphatic rings. The van der Waals surface area contributed by atoms with Gasteiger partial charge in [0.25, 0.3) is 0 Å². The van der Waals surface area contributed by atoms with Gasteiger partial charge >= 0.3 is 5.63 Å². The van der Waals surface area contributed by atoms with Gasteiger partial charge in [0.15, 0.2) is 0 Å². The topological polar surface area (TPSA) is 48.7 Å². The quantitative estimate of drug-likeness (QED) is 0.588. The maximum Gasteiger partial charge on any atom is 0.336 e.